The molecule has 0 saturated carbocycles. The predicted molar refractivity (Wildman–Crippen MR) is 82.6 cm³/mol. The van der Waals surface area contributed by atoms with Gasteiger partial charge in [-0.3, -0.25) is 0 Å². The normalized spacial score (nSPS) is 21.2. The molecule has 2 rings (SSSR count). The second-order valence-electron chi connectivity index (χ2n) is 5.91. The van der Waals surface area contributed by atoms with E-state index in [0.29, 0.717) is 6.04 Å². The summed E-state index contributed by atoms with van der Waals surface area (Å²) in [5, 5.41) is 1.32. The first-order chi connectivity index (χ1) is 9.19. The van der Waals surface area contributed by atoms with Crippen LogP contribution in [0.4, 0.5) is 0 Å². The highest BCUT2D eigenvalue weighted by Crippen LogP contribution is 2.24. The molecule has 2 N–H and O–H groups in total. The van der Waals surface area contributed by atoms with Crippen molar-refractivity contribution in [2.75, 3.05) is 19.6 Å². The topological polar surface area (TPSA) is 42.2 Å². The zero-order chi connectivity index (χ0) is 13.7. The van der Waals surface area contributed by atoms with E-state index in [0.717, 1.165) is 31.7 Å². The van der Waals surface area contributed by atoms with Crippen LogP contribution in [0.25, 0.3) is 0 Å². The Labute approximate surface area is 121 Å². The molecule has 19 heavy (non-hydrogen) atoms. The van der Waals surface area contributed by atoms with Crippen LogP contribution in [0, 0.1) is 5.92 Å². The highest BCUT2D eigenvalue weighted by molar-refractivity contribution is 7.11. The molecule has 0 radical (unpaired) electrons. The van der Waals surface area contributed by atoms with E-state index in [1.807, 2.05) is 11.3 Å². The lowest BCUT2D eigenvalue weighted by Gasteiger charge is -2.35. The molecule has 0 bridgehead atoms. The van der Waals surface area contributed by atoms with Crippen LogP contribution >= 0.6 is 11.3 Å². The second kappa shape index (κ2) is 7.36. The van der Waals surface area contributed by atoms with E-state index in [1.165, 1.54) is 35.8 Å². The number of rotatable bonds is 6. The van der Waals surface area contributed by atoms with E-state index in [9.17, 15) is 0 Å². The van der Waals surface area contributed by atoms with Crippen LogP contribution in [0.3, 0.4) is 0 Å². The van der Waals surface area contributed by atoms with Gasteiger partial charge < -0.3 is 10.6 Å². The number of likely N-dealkylation sites (tertiary alicyclic amines) is 1. The summed E-state index contributed by atoms with van der Waals surface area (Å²) in [7, 11) is 0. The van der Waals surface area contributed by atoms with Crippen molar-refractivity contribution in [1.82, 2.24) is 9.88 Å². The summed E-state index contributed by atoms with van der Waals surface area (Å²) in [6.45, 7) is 7.90. The SMILES string of the molecule is CC(C)N1CCCC(Cc2ncc(CCCN)s2)C1. The summed E-state index contributed by atoms with van der Waals surface area (Å²) in [6, 6.07) is 0.680. The highest BCUT2D eigenvalue weighted by atomic mass is 32.1. The number of aromatic nitrogens is 1. The summed E-state index contributed by atoms with van der Waals surface area (Å²) in [4.78, 5) is 8.60. The Bertz CT molecular complexity index is 375. The molecule has 0 aliphatic carbocycles. The molecule has 1 aromatic rings. The van der Waals surface area contributed by atoms with Gasteiger partial charge in [-0.05, 0) is 58.5 Å². The minimum atomic E-state index is 0.680. The first-order valence-electron chi connectivity index (χ1n) is 7.56. The van der Waals surface area contributed by atoms with E-state index in [4.69, 9.17) is 5.73 Å². The van der Waals surface area contributed by atoms with Crippen LogP contribution < -0.4 is 5.73 Å². The Hall–Kier alpha value is -0.450. The van der Waals surface area contributed by atoms with E-state index in [1.54, 1.807) is 0 Å². The van der Waals surface area contributed by atoms with Gasteiger partial charge in [-0.1, -0.05) is 0 Å². The fourth-order valence-electron chi connectivity index (χ4n) is 2.81. The average molecular weight is 281 g/mol. The monoisotopic (exact) mass is 281 g/mol. The van der Waals surface area contributed by atoms with Crippen molar-refractivity contribution in [2.45, 2.75) is 52.0 Å². The molecule has 1 aromatic heterocycles. The van der Waals surface area contributed by atoms with Crippen molar-refractivity contribution >= 4 is 11.3 Å². The van der Waals surface area contributed by atoms with Crippen molar-refractivity contribution in [3.8, 4) is 0 Å². The minimum absolute atomic E-state index is 0.680. The molecule has 1 atom stereocenters. The van der Waals surface area contributed by atoms with E-state index >= 15 is 0 Å². The number of thiazole rings is 1. The van der Waals surface area contributed by atoms with Crippen LogP contribution in [0.1, 0.15) is 43.0 Å². The van der Waals surface area contributed by atoms with Crippen molar-refractivity contribution < 1.29 is 0 Å². The standard InChI is InChI=1S/C15H27N3S/c1-12(2)18-8-4-5-13(11-18)9-15-17-10-14(19-15)6-3-7-16/h10,12-13H,3-9,11,16H2,1-2H3. The summed E-state index contributed by atoms with van der Waals surface area (Å²) in [5.74, 6) is 0.796. The summed E-state index contributed by atoms with van der Waals surface area (Å²) < 4.78 is 0. The average Bonchev–Trinajstić information content (AvgIpc) is 2.84. The Morgan fingerprint density at radius 2 is 2.37 bits per heavy atom. The van der Waals surface area contributed by atoms with Crippen LogP contribution in [0.15, 0.2) is 6.20 Å². The van der Waals surface area contributed by atoms with Crippen molar-refractivity contribution in [1.29, 1.82) is 0 Å². The van der Waals surface area contributed by atoms with Crippen LogP contribution in [-0.4, -0.2) is 35.6 Å². The van der Waals surface area contributed by atoms with Gasteiger partial charge in [-0.25, -0.2) is 4.98 Å². The second-order valence-corrected chi connectivity index (χ2v) is 7.11. The summed E-state index contributed by atoms with van der Waals surface area (Å²) >= 11 is 1.89. The largest absolute Gasteiger partial charge is 0.330 e. The van der Waals surface area contributed by atoms with Crippen molar-refractivity contribution in [2.24, 2.45) is 11.7 Å². The van der Waals surface area contributed by atoms with Gasteiger partial charge in [0.05, 0.1) is 5.01 Å². The van der Waals surface area contributed by atoms with Gasteiger partial charge in [0.25, 0.3) is 0 Å². The molecular formula is C15H27N3S. The molecule has 0 amide bonds. The van der Waals surface area contributed by atoms with Crippen LogP contribution in [0.5, 0.6) is 0 Å². The molecule has 4 heteroatoms. The van der Waals surface area contributed by atoms with Crippen molar-refractivity contribution in [3.05, 3.63) is 16.1 Å². The third kappa shape index (κ3) is 4.55. The maximum absolute atomic E-state index is 5.55. The lowest BCUT2D eigenvalue weighted by Crippen LogP contribution is -2.40. The third-order valence-corrected chi connectivity index (χ3v) is 5.05. The van der Waals surface area contributed by atoms with Gasteiger partial charge in [-0.15, -0.1) is 11.3 Å². The number of nitrogens with two attached hydrogens (primary N) is 1. The Kier molecular flexibility index (Phi) is 5.79. The van der Waals surface area contributed by atoms with Crippen LogP contribution in [-0.2, 0) is 12.8 Å². The predicted octanol–water partition coefficient (Wildman–Crippen LogP) is 2.70. The smallest absolute Gasteiger partial charge is 0.0930 e. The van der Waals surface area contributed by atoms with Gasteiger partial charge in [0.2, 0.25) is 0 Å². The molecule has 2 heterocycles. The maximum atomic E-state index is 5.55. The number of hydrogen-bond acceptors (Lipinski definition) is 4. The van der Waals surface area contributed by atoms with Gasteiger partial charge in [0, 0.05) is 30.1 Å². The van der Waals surface area contributed by atoms with E-state index in [2.05, 4.69) is 29.9 Å². The molecule has 1 fully saturated rings. The van der Waals surface area contributed by atoms with Crippen molar-refractivity contribution in [3.63, 3.8) is 0 Å². The van der Waals surface area contributed by atoms with Gasteiger partial charge >= 0.3 is 0 Å². The maximum Gasteiger partial charge on any atom is 0.0930 e. The molecule has 1 aliphatic rings. The van der Waals surface area contributed by atoms with Gasteiger partial charge in [0.1, 0.15) is 0 Å². The summed E-state index contributed by atoms with van der Waals surface area (Å²) in [6.07, 6.45) is 8.09. The highest BCUT2D eigenvalue weighted by Gasteiger charge is 2.22. The summed E-state index contributed by atoms with van der Waals surface area (Å²) in [5.41, 5.74) is 5.55. The van der Waals surface area contributed by atoms with E-state index in [-0.39, 0.29) is 0 Å². The Balaban J connectivity index is 1.84. The Morgan fingerprint density at radius 3 is 3.11 bits per heavy atom. The molecular weight excluding hydrogens is 254 g/mol. The number of piperidine rings is 1. The quantitative estimate of drug-likeness (QED) is 0.872. The molecule has 1 unspecified atom stereocenters. The molecule has 0 aromatic carbocycles. The molecule has 108 valence electrons. The number of nitrogens with zero attached hydrogens (tertiary/aromatic N) is 2. The molecule has 1 saturated heterocycles. The minimum Gasteiger partial charge on any atom is -0.330 e. The first-order valence-corrected chi connectivity index (χ1v) is 8.38. The molecule has 3 nitrogen and oxygen atoms in total. The zero-order valence-electron chi connectivity index (χ0n) is 12.3. The van der Waals surface area contributed by atoms with Gasteiger partial charge in [-0.2, -0.15) is 0 Å². The third-order valence-electron chi connectivity index (χ3n) is 3.97. The number of aryl methyl sites for hydroxylation is 1. The molecule has 0 spiro atoms. The van der Waals surface area contributed by atoms with Crippen LogP contribution in [0.2, 0.25) is 0 Å². The molecule has 1 aliphatic heterocycles. The Morgan fingerprint density at radius 1 is 1.53 bits per heavy atom. The van der Waals surface area contributed by atoms with E-state index < -0.39 is 0 Å². The lowest BCUT2D eigenvalue weighted by atomic mass is 9.94. The zero-order valence-corrected chi connectivity index (χ0v) is 13.1. The first kappa shape index (κ1) is 14.9. The number of hydrogen-bond donors (Lipinski definition) is 1. The van der Waals surface area contributed by atoms with Gasteiger partial charge in [0.15, 0.2) is 0 Å². The fourth-order valence-corrected chi connectivity index (χ4v) is 3.89. The fraction of sp³-hybridized carbons (Fsp3) is 0.800. The lowest BCUT2D eigenvalue weighted by molar-refractivity contribution is 0.139.